The summed E-state index contributed by atoms with van der Waals surface area (Å²) in [7, 11) is 1.38. The number of likely N-dealkylation sites (tertiary alicyclic amines) is 2. The molecule has 0 spiro atoms. The number of fused-ring (bicyclic) bond motifs is 1. The largest absolute Gasteiger partial charge is 0.453 e. The fourth-order valence-electron chi connectivity index (χ4n) is 4.20. The van der Waals surface area contributed by atoms with Crippen molar-refractivity contribution in [3.8, 4) is 0 Å². The van der Waals surface area contributed by atoms with Gasteiger partial charge in [-0.1, -0.05) is 0 Å². The van der Waals surface area contributed by atoms with Gasteiger partial charge in [-0.15, -0.1) is 0 Å². The standard InChI is InChI=1S/C19H25N5O3/c1-27-19(26)24-9-3-5-14(12-24)18(25)23-8-2-4-13(11-23)17-21-15-6-7-20-10-16(15)22-17/h6-7,10,13-14H,2-5,8-9,11-12H2,1H3,(H,21,22). The Hall–Kier alpha value is -2.64. The SMILES string of the molecule is COC(=O)N1CCCC(C(=O)N2CCCC(c3nc4ccncc4[nH]3)C2)C1. The smallest absolute Gasteiger partial charge is 0.409 e. The van der Waals surface area contributed by atoms with Gasteiger partial charge in [0.1, 0.15) is 5.82 Å². The number of pyridine rings is 1. The Labute approximate surface area is 157 Å². The van der Waals surface area contributed by atoms with Crippen LogP contribution in [0.1, 0.15) is 37.4 Å². The minimum atomic E-state index is -0.347. The van der Waals surface area contributed by atoms with E-state index in [1.54, 1.807) is 17.3 Å². The van der Waals surface area contributed by atoms with Crippen LogP contribution in [0.3, 0.4) is 0 Å². The molecule has 2 aliphatic heterocycles. The first-order valence-electron chi connectivity index (χ1n) is 9.57. The van der Waals surface area contributed by atoms with Gasteiger partial charge in [-0.25, -0.2) is 9.78 Å². The predicted octanol–water partition coefficient (Wildman–Crippen LogP) is 2.14. The van der Waals surface area contributed by atoms with Crippen LogP contribution in [-0.2, 0) is 9.53 Å². The maximum Gasteiger partial charge on any atom is 0.409 e. The van der Waals surface area contributed by atoms with Gasteiger partial charge in [0, 0.05) is 38.3 Å². The Kier molecular flexibility index (Phi) is 4.96. The number of carbonyl (C=O) groups is 2. The first kappa shape index (κ1) is 17.8. The molecule has 2 aromatic heterocycles. The van der Waals surface area contributed by atoms with Crippen molar-refractivity contribution < 1.29 is 14.3 Å². The second-order valence-electron chi connectivity index (χ2n) is 7.39. The second-order valence-corrected chi connectivity index (χ2v) is 7.39. The molecule has 2 unspecified atom stereocenters. The Bertz CT molecular complexity index is 803. The van der Waals surface area contributed by atoms with E-state index >= 15 is 0 Å². The van der Waals surface area contributed by atoms with Gasteiger partial charge >= 0.3 is 6.09 Å². The third-order valence-corrected chi connectivity index (χ3v) is 5.62. The molecule has 4 rings (SSSR count). The van der Waals surface area contributed by atoms with Crippen molar-refractivity contribution in [1.82, 2.24) is 24.8 Å². The van der Waals surface area contributed by atoms with E-state index in [9.17, 15) is 9.59 Å². The number of rotatable bonds is 2. The van der Waals surface area contributed by atoms with E-state index in [4.69, 9.17) is 4.74 Å². The van der Waals surface area contributed by atoms with Crippen LogP contribution >= 0.6 is 0 Å². The summed E-state index contributed by atoms with van der Waals surface area (Å²) in [5, 5.41) is 0. The Morgan fingerprint density at radius 1 is 1.19 bits per heavy atom. The highest BCUT2D eigenvalue weighted by Crippen LogP contribution is 2.29. The highest BCUT2D eigenvalue weighted by molar-refractivity contribution is 5.80. The second kappa shape index (κ2) is 7.54. The minimum absolute atomic E-state index is 0.142. The number of hydrogen-bond donors (Lipinski definition) is 1. The summed E-state index contributed by atoms with van der Waals surface area (Å²) in [5.41, 5.74) is 1.83. The Morgan fingerprint density at radius 2 is 2.00 bits per heavy atom. The molecule has 2 atom stereocenters. The molecule has 0 aliphatic carbocycles. The number of piperidine rings is 2. The molecule has 2 aliphatic rings. The summed E-state index contributed by atoms with van der Waals surface area (Å²) < 4.78 is 4.81. The van der Waals surface area contributed by atoms with Gasteiger partial charge in [0.15, 0.2) is 0 Å². The average Bonchev–Trinajstić information content (AvgIpc) is 3.17. The zero-order chi connectivity index (χ0) is 18.8. The molecule has 0 radical (unpaired) electrons. The van der Waals surface area contributed by atoms with Gasteiger partial charge in [0.05, 0.1) is 30.3 Å². The van der Waals surface area contributed by atoms with E-state index in [0.29, 0.717) is 19.6 Å². The molecule has 27 heavy (non-hydrogen) atoms. The number of imidazole rings is 1. The van der Waals surface area contributed by atoms with Crippen molar-refractivity contribution in [3.05, 3.63) is 24.3 Å². The summed E-state index contributed by atoms with van der Waals surface area (Å²) in [6.45, 7) is 2.54. The summed E-state index contributed by atoms with van der Waals surface area (Å²) >= 11 is 0. The lowest BCUT2D eigenvalue weighted by atomic mass is 9.93. The van der Waals surface area contributed by atoms with Crippen LogP contribution in [0.15, 0.2) is 18.5 Å². The van der Waals surface area contributed by atoms with Crippen LogP contribution in [0, 0.1) is 5.92 Å². The van der Waals surface area contributed by atoms with E-state index in [0.717, 1.165) is 49.1 Å². The van der Waals surface area contributed by atoms with E-state index in [-0.39, 0.29) is 23.8 Å². The summed E-state index contributed by atoms with van der Waals surface area (Å²) in [4.78, 5) is 40.6. The van der Waals surface area contributed by atoms with Crippen molar-refractivity contribution in [2.45, 2.75) is 31.6 Å². The molecule has 2 amide bonds. The summed E-state index contributed by atoms with van der Waals surface area (Å²) in [6, 6.07) is 1.89. The van der Waals surface area contributed by atoms with Gasteiger partial charge in [-0.05, 0) is 31.7 Å². The predicted molar refractivity (Wildman–Crippen MR) is 99.1 cm³/mol. The molecular formula is C19H25N5O3. The molecule has 0 aromatic carbocycles. The normalized spacial score (nSPS) is 23.4. The lowest BCUT2D eigenvalue weighted by Crippen LogP contribution is -2.48. The molecule has 144 valence electrons. The molecular weight excluding hydrogens is 346 g/mol. The Morgan fingerprint density at radius 3 is 2.81 bits per heavy atom. The quantitative estimate of drug-likeness (QED) is 0.873. The molecule has 0 saturated carbocycles. The van der Waals surface area contributed by atoms with Crippen molar-refractivity contribution in [2.24, 2.45) is 5.92 Å². The van der Waals surface area contributed by atoms with Gasteiger partial charge < -0.3 is 19.5 Å². The van der Waals surface area contributed by atoms with Crippen LogP contribution in [0.4, 0.5) is 4.79 Å². The van der Waals surface area contributed by atoms with Crippen molar-refractivity contribution in [2.75, 3.05) is 33.3 Å². The van der Waals surface area contributed by atoms with Gasteiger partial charge in [0.25, 0.3) is 0 Å². The van der Waals surface area contributed by atoms with Crippen molar-refractivity contribution in [3.63, 3.8) is 0 Å². The zero-order valence-electron chi connectivity index (χ0n) is 15.6. The Balaban J connectivity index is 1.44. The number of aromatic amines is 1. The third-order valence-electron chi connectivity index (χ3n) is 5.62. The van der Waals surface area contributed by atoms with E-state index < -0.39 is 0 Å². The van der Waals surface area contributed by atoms with Crippen LogP contribution in [0.2, 0.25) is 0 Å². The molecule has 2 saturated heterocycles. The molecule has 8 nitrogen and oxygen atoms in total. The lowest BCUT2D eigenvalue weighted by molar-refractivity contribution is -0.138. The maximum absolute atomic E-state index is 13.1. The first-order chi connectivity index (χ1) is 13.2. The fraction of sp³-hybridized carbons (Fsp3) is 0.579. The fourth-order valence-corrected chi connectivity index (χ4v) is 4.20. The number of amides is 2. The zero-order valence-corrected chi connectivity index (χ0v) is 15.6. The van der Waals surface area contributed by atoms with E-state index in [1.165, 1.54) is 7.11 Å². The van der Waals surface area contributed by atoms with E-state index in [1.807, 2.05) is 11.0 Å². The number of nitrogens with zero attached hydrogens (tertiary/aromatic N) is 4. The van der Waals surface area contributed by atoms with Gasteiger partial charge in [-0.2, -0.15) is 0 Å². The molecule has 4 heterocycles. The number of hydrogen-bond acceptors (Lipinski definition) is 5. The van der Waals surface area contributed by atoms with Crippen LogP contribution in [-0.4, -0.2) is 70.0 Å². The summed E-state index contributed by atoms with van der Waals surface area (Å²) in [5.74, 6) is 1.13. The van der Waals surface area contributed by atoms with Gasteiger partial charge in [0.2, 0.25) is 5.91 Å². The molecule has 2 aromatic rings. The highest BCUT2D eigenvalue weighted by atomic mass is 16.5. The number of nitrogens with one attached hydrogen (secondary N) is 1. The topological polar surface area (TPSA) is 91.4 Å². The number of methoxy groups -OCH3 is 1. The molecule has 1 N–H and O–H groups in total. The van der Waals surface area contributed by atoms with E-state index in [2.05, 4.69) is 15.0 Å². The number of carbonyl (C=O) groups excluding carboxylic acids is 2. The monoisotopic (exact) mass is 371 g/mol. The number of aromatic nitrogens is 3. The lowest BCUT2D eigenvalue weighted by Gasteiger charge is -2.37. The van der Waals surface area contributed by atoms with Crippen molar-refractivity contribution >= 4 is 23.0 Å². The molecule has 0 bridgehead atoms. The van der Waals surface area contributed by atoms with Crippen LogP contribution in [0.5, 0.6) is 0 Å². The summed E-state index contributed by atoms with van der Waals surface area (Å²) in [6.07, 6.45) is 6.79. The first-order valence-corrected chi connectivity index (χ1v) is 9.57. The average molecular weight is 371 g/mol. The van der Waals surface area contributed by atoms with Crippen molar-refractivity contribution in [1.29, 1.82) is 0 Å². The van der Waals surface area contributed by atoms with Crippen LogP contribution < -0.4 is 0 Å². The third kappa shape index (κ3) is 3.61. The number of ether oxygens (including phenoxy) is 1. The van der Waals surface area contributed by atoms with Crippen LogP contribution in [0.25, 0.3) is 11.0 Å². The van der Waals surface area contributed by atoms with Gasteiger partial charge in [-0.3, -0.25) is 9.78 Å². The number of H-pyrrole nitrogens is 1. The minimum Gasteiger partial charge on any atom is -0.453 e. The maximum atomic E-state index is 13.1. The molecule has 2 fully saturated rings. The highest BCUT2D eigenvalue weighted by Gasteiger charge is 2.34. The molecule has 8 heteroatoms.